The predicted octanol–water partition coefficient (Wildman–Crippen LogP) is 2.41. The van der Waals surface area contributed by atoms with Crippen LogP contribution in [0.5, 0.6) is 0 Å². The molecule has 2 fully saturated rings. The summed E-state index contributed by atoms with van der Waals surface area (Å²) in [7, 11) is 0. The van der Waals surface area contributed by atoms with Crippen LogP contribution in [-0.2, 0) is 16.0 Å². The highest BCUT2D eigenvalue weighted by atomic mass is 16.6. The van der Waals surface area contributed by atoms with Crippen LogP contribution < -0.4 is 0 Å². The van der Waals surface area contributed by atoms with Crippen molar-refractivity contribution in [2.75, 3.05) is 26.3 Å². The van der Waals surface area contributed by atoms with Gasteiger partial charge in [0.05, 0.1) is 24.9 Å². The van der Waals surface area contributed by atoms with Crippen LogP contribution in [0.2, 0.25) is 0 Å². The summed E-state index contributed by atoms with van der Waals surface area (Å²) in [6, 6.07) is 4.18. The van der Waals surface area contributed by atoms with Crippen LogP contribution in [0.1, 0.15) is 24.8 Å². The molecule has 1 aromatic heterocycles. The van der Waals surface area contributed by atoms with Gasteiger partial charge >= 0.3 is 0 Å². The van der Waals surface area contributed by atoms with Crippen molar-refractivity contribution in [3.05, 3.63) is 42.7 Å². The Bertz CT molecular complexity index is 465. The Morgan fingerprint density at radius 2 is 2.33 bits per heavy atom. The fourth-order valence-corrected chi connectivity index (χ4v) is 3.47. The van der Waals surface area contributed by atoms with E-state index in [2.05, 4.69) is 28.6 Å². The van der Waals surface area contributed by atoms with Gasteiger partial charge in [0.2, 0.25) is 0 Å². The minimum absolute atomic E-state index is 0.00286. The molecule has 0 saturated carbocycles. The van der Waals surface area contributed by atoms with Crippen LogP contribution in [0.15, 0.2) is 37.2 Å². The Hall–Kier alpha value is -1.23. The van der Waals surface area contributed by atoms with E-state index in [-0.39, 0.29) is 11.7 Å². The highest BCUT2D eigenvalue weighted by molar-refractivity contribution is 5.10. The monoisotopic (exact) mass is 288 g/mol. The summed E-state index contributed by atoms with van der Waals surface area (Å²) < 4.78 is 11.9. The maximum atomic E-state index is 6.15. The molecule has 2 aliphatic rings. The van der Waals surface area contributed by atoms with E-state index in [1.54, 1.807) is 0 Å². The van der Waals surface area contributed by atoms with Crippen molar-refractivity contribution in [1.82, 2.24) is 9.88 Å². The number of likely N-dealkylation sites (tertiary alicyclic amines) is 1. The number of nitrogens with zero attached hydrogens (tertiary/aromatic N) is 2. The zero-order valence-corrected chi connectivity index (χ0v) is 12.5. The van der Waals surface area contributed by atoms with E-state index < -0.39 is 0 Å². The van der Waals surface area contributed by atoms with Gasteiger partial charge in [0.1, 0.15) is 0 Å². The molecule has 0 N–H and O–H groups in total. The molecule has 4 nitrogen and oxygen atoms in total. The topological polar surface area (TPSA) is 34.6 Å². The molecule has 0 aromatic carbocycles. The number of hydrogen-bond acceptors (Lipinski definition) is 4. The fourth-order valence-electron chi connectivity index (χ4n) is 3.47. The molecule has 21 heavy (non-hydrogen) atoms. The van der Waals surface area contributed by atoms with Gasteiger partial charge in [0, 0.05) is 31.9 Å². The zero-order valence-electron chi connectivity index (χ0n) is 12.5. The van der Waals surface area contributed by atoms with E-state index in [0.29, 0.717) is 6.61 Å². The van der Waals surface area contributed by atoms with Crippen LogP contribution >= 0.6 is 0 Å². The maximum Gasteiger partial charge on any atom is 0.0841 e. The number of hydrogen-bond donors (Lipinski definition) is 0. The van der Waals surface area contributed by atoms with Crippen molar-refractivity contribution in [1.29, 1.82) is 0 Å². The first-order valence-corrected chi connectivity index (χ1v) is 7.77. The van der Waals surface area contributed by atoms with E-state index in [0.717, 1.165) is 39.1 Å². The van der Waals surface area contributed by atoms with Gasteiger partial charge in [-0.2, -0.15) is 0 Å². The van der Waals surface area contributed by atoms with Crippen molar-refractivity contribution in [3.63, 3.8) is 0 Å². The van der Waals surface area contributed by atoms with Crippen molar-refractivity contribution >= 4 is 0 Å². The Morgan fingerprint density at radius 1 is 1.48 bits per heavy atom. The Balaban J connectivity index is 1.57. The van der Waals surface area contributed by atoms with Gasteiger partial charge in [0.15, 0.2) is 0 Å². The summed E-state index contributed by atoms with van der Waals surface area (Å²) in [5, 5.41) is 0. The second-order valence-electron chi connectivity index (χ2n) is 6.11. The smallest absolute Gasteiger partial charge is 0.0841 e. The molecule has 0 radical (unpaired) electrons. The molecule has 0 aliphatic carbocycles. The van der Waals surface area contributed by atoms with Gasteiger partial charge in [-0.15, -0.1) is 6.58 Å². The average molecular weight is 288 g/mol. The van der Waals surface area contributed by atoms with Crippen LogP contribution in [0.25, 0.3) is 0 Å². The molecule has 0 bridgehead atoms. The van der Waals surface area contributed by atoms with Gasteiger partial charge in [0.25, 0.3) is 0 Å². The molecular weight excluding hydrogens is 264 g/mol. The molecule has 114 valence electrons. The lowest BCUT2D eigenvalue weighted by atomic mass is 9.89. The first-order chi connectivity index (χ1) is 10.3. The van der Waals surface area contributed by atoms with Gasteiger partial charge in [-0.1, -0.05) is 6.08 Å². The maximum absolute atomic E-state index is 6.15. The molecule has 0 unspecified atom stereocenters. The third kappa shape index (κ3) is 3.70. The van der Waals surface area contributed by atoms with Gasteiger partial charge in [-0.05, 0) is 37.1 Å². The summed E-state index contributed by atoms with van der Waals surface area (Å²) in [4.78, 5) is 6.57. The number of ether oxygens (including phenoxy) is 2. The minimum atomic E-state index is -0.00286. The summed E-state index contributed by atoms with van der Waals surface area (Å²) in [5.41, 5.74) is 1.32. The first-order valence-electron chi connectivity index (χ1n) is 7.77. The second-order valence-corrected chi connectivity index (χ2v) is 6.11. The van der Waals surface area contributed by atoms with E-state index in [4.69, 9.17) is 9.47 Å². The zero-order chi connectivity index (χ0) is 14.5. The lowest BCUT2D eigenvalue weighted by molar-refractivity contribution is -0.0544. The minimum Gasteiger partial charge on any atom is -0.372 e. The van der Waals surface area contributed by atoms with Crippen molar-refractivity contribution in [2.24, 2.45) is 0 Å². The lowest BCUT2D eigenvalue weighted by Crippen LogP contribution is -2.47. The van der Waals surface area contributed by atoms with E-state index in [9.17, 15) is 0 Å². The summed E-state index contributed by atoms with van der Waals surface area (Å²) in [5.74, 6) is 0. The number of rotatable bonds is 5. The van der Waals surface area contributed by atoms with Gasteiger partial charge in [-0.3, -0.25) is 9.88 Å². The summed E-state index contributed by atoms with van der Waals surface area (Å²) >= 11 is 0. The molecule has 2 aliphatic heterocycles. The van der Waals surface area contributed by atoms with E-state index in [1.165, 1.54) is 12.0 Å². The average Bonchev–Trinajstić information content (AvgIpc) is 2.89. The SMILES string of the molecule is C=CCO[C@H]1CO[C@]2(CCCN(Cc3ccncc3)C2)C1. The molecule has 3 heterocycles. The van der Waals surface area contributed by atoms with Crippen LogP contribution in [0.3, 0.4) is 0 Å². The molecule has 1 aromatic rings. The second kappa shape index (κ2) is 6.69. The Morgan fingerprint density at radius 3 is 3.14 bits per heavy atom. The fraction of sp³-hybridized carbons (Fsp3) is 0.588. The molecule has 2 saturated heterocycles. The van der Waals surface area contributed by atoms with Crippen molar-refractivity contribution in [3.8, 4) is 0 Å². The molecule has 2 atom stereocenters. The lowest BCUT2D eigenvalue weighted by Gasteiger charge is -2.39. The van der Waals surface area contributed by atoms with Crippen LogP contribution in [0.4, 0.5) is 0 Å². The summed E-state index contributed by atoms with van der Waals surface area (Å²) in [6.45, 7) is 8.17. The van der Waals surface area contributed by atoms with E-state index >= 15 is 0 Å². The number of piperidine rings is 1. The highest BCUT2D eigenvalue weighted by Crippen LogP contribution is 2.36. The van der Waals surface area contributed by atoms with Gasteiger partial charge in [-0.25, -0.2) is 0 Å². The van der Waals surface area contributed by atoms with Gasteiger partial charge < -0.3 is 9.47 Å². The van der Waals surface area contributed by atoms with Crippen molar-refractivity contribution in [2.45, 2.75) is 37.5 Å². The quantitative estimate of drug-likeness (QED) is 0.779. The number of pyridine rings is 1. The molecule has 4 heteroatoms. The Kier molecular flexibility index (Phi) is 4.68. The van der Waals surface area contributed by atoms with Crippen LogP contribution in [-0.4, -0.2) is 47.9 Å². The standard InChI is InChI=1S/C17H24N2O2/c1-2-10-20-16-11-17(21-13-16)6-3-9-19(14-17)12-15-4-7-18-8-5-15/h2,4-5,7-8,16H,1,3,6,9-14H2/t16-,17-/m1/s1. The third-order valence-corrected chi connectivity index (χ3v) is 4.40. The first kappa shape index (κ1) is 14.7. The summed E-state index contributed by atoms with van der Waals surface area (Å²) in [6.07, 6.45) is 9.10. The predicted molar refractivity (Wildman–Crippen MR) is 82.0 cm³/mol. The number of aromatic nitrogens is 1. The highest BCUT2D eigenvalue weighted by Gasteiger charge is 2.43. The van der Waals surface area contributed by atoms with E-state index in [1.807, 2.05) is 18.5 Å². The molecule has 0 amide bonds. The van der Waals surface area contributed by atoms with Crippen LogP contribution in [0, 0.1) is 0 Å². The Labute approximate surface area is 126 Å². The van der Waals surface area contributed by atoms with Crippen molar-refractivity contribution < 1.29 is 9.47 Å². The normalized spacial score (nSPS) is 29.8. The third-order valence-electron chi connectivity index (χ3n) is 4.40. The largest absolute Gasteiger partial charge is 0.372 e. The molecule has 1 spiro atoms. The molecule has 3 rings (SSSR count). The molecular formula is C17H24N2O2.